The molecule has 1 aromatic carbocycles. The molecule has 28 heavy (non-hydrogen) atoms. The Hall–Kier alpha value is -2.22. The highest BCUT2D eigenvalue weighted by atomic mass is 32.1. The summed E-state index contributed by atoms with van der Waals surface area (Å²) in [6, 6.07) is 10.2. The van der Waals surface area contributed by atoms with Gasteiger partial charge in [0.25, 0.3) is 5.56 Å². The molecule has 0 saturated carbocycles. The van der Waals surface area contributed by atoms with Crippen LogP contribution in [0, 0.1) is 13.8 Å². The third-order valence-corrected chi connectivity index (χ3v) is 5.94. The number of thiocarbonyl (C=S) groups is 1. The minimum Gasteiger partial charge on any atom is -0.383 e. The molecule has 2 aromatic heterocycles. The third kappa shape index (κ3) is 4.79. The molecule has 2 heterocycles. The van der Waals surface area contributed by atoms with E-state index >= 15 is 0 Å². The van der Waals surface area contributed by atoms with E-state index in [4.69, 9.17) is 17.0 Å². The third-order valence-electron chi connectivity index (χ3n) is 4.68. The summed E-state index contributed by atoms with van der Waals surface area (Å²) in [6.45, 7) is 6.36. The molecule has 3 rings (SSSR count). The van der Waals surface area contributed by atoms with Crippen LogP contribution in [-0.4, -0.2) is 35.3 Å². The second-order valence-corrected chi connectivity index (χ2v) is 8.19. The number of aromatic nitrogens is 1. The number of aryl methyl sites for hydroxylation is 2. The monoisotopic (exact) mass is 415 g/mol. The topological polar surface area (TPSA) is 57.4 Å². The van der Waals surface area contributed by atoms with E-state index < -0.39 is 0 Å². The Morgan fingerprint density at radius 2 is 2.04 bits per heavy atom. The zero-order valence-electron chi connectivity index (χ0n) is 16.4. The van der Waals surface area contributed by atoms with Gasteiger partial charge in [0, 0.05) is 29.5 Å². The highest BCUT2D eigenvalue weighted by Gasteiger charge is 2.15. The number of hydrogen-bond acceptors (Lipinski definition) is 4. The van der Waals surface area contributed by atoms with Gasteiger partial charge in [-0.15, -0.1) is 11.3 Å². The minimum atomic E-state index is -0.0722. The standard InChI is InChI=1S/C21H25N3O2S2/c1-14-6-7-15(2)19-18(14)11-16(20(25)23-19)12-24(13-17-5-4-10-28-17)21(27)22-8-9-26-3/h4-7,10-11H,8-9,12-13H2,1-3H3,(H,22,27)(H,23,25). The summed E-state index contributed by atoms with van der Waals surface area (Å²) in [6.07, 6.45) is 0. The summed E-state index contributed by atoms with van der Waals surface area (Å²) in [5.41, 5.74) is 3.74. The molecule has 3 aromatic rings. The van der Waals surface area contributed by atoms with Crippen molar-refractivity contribution in [2.45, 2.75) is 26.9 Å². The van der Waals surface area contributed by atoms with Crippen LogP contribution in [0.25, 0.3) is 10.9 Å². The van der Waals surface area contributed by atoms with Crippen LogP contribution in [0.5, 0.6) is 0 Å². The summed E-state index contributed by atoms with van der Waals surface area (Å²) < 4.78 is 5.09. The number of pyridine rings is 1. The van der Waals surface area contributed by atoms with Crippen molar-refractivity contribution in [2.24, 2.45) is 0 Å². The molecule has 0 radical (unpaired) electrons. The molecular weight excluding hydrogens is 390 g/mol. The second-order valence-electron chi connectivity index (χ2n) is 6.77. The van der Waals surface area contributed by atoms with Gasteiger partial charge in [0.15, 0.2) is 5.11 Å². The van der Waals surface area contributed by atoms with Crippen molar-refractivity contribution in [3.8, 4) is 0 Å². The largest absolute Gasteiger partial charge is 0.383 e. The van der Waals surface area contributed by atoms with Crippen LogP contribution in [0.1, 0.15) is 21.6 Å². The lowest BCUT2D eigenvalue weighted by Gasteiger charge is -2.25. The fraction of sp³-hybridized carbons (Fsp3) is 0.333. The average Bonchev–Trinajstić information content (AvgIpc) is 3.18. The highest BCUT2D eigenvalue weighted by molar-refractivity contribution is 7.80. The molecule has 0 spiro atoms. The molecule has 0 amide bonds. The molecule has 148 valence electrons. The smallest absolute Gasteiger partial charge is 0.253 e. The van der Waals surface area contributed by atoms with Gasteiger partial charge in [-0.2, -0.15) is 0 Å². The quantitative estimate of drug-likeness (QED) is 0.455. The van der Waals surface area contributed by atoms with Gasteiger partial charge in [0.05, 0.1) is 25.2 Å². The number of H-pyrrole nitrogens is 1. The maximum Gasteiger partial charge on any atom is 0.253 e. The summed E-state index contributed by atoms with van der Waals surface area (Å²) in [5.74, 6) is 0. The number of nitrogens with zero attached hydrogens (tertiary/aromatic N) is 1. The van der Waals surface area contributed by atoms with Crippen molar-refractivity contribution in [2.75, 3.05) is 20.3 Å². The van der Waals surface area contributed by atoms with Crippen molar-refractivity contribution in [3.63, 3.8) is 0 Å². The minimum absolute atomic E-state index is 0.0722. The Kier molecular flexibility index (Phi) is 6.83. The molecule has 0 unspecified atom stereocenters. The van der Waals surface area contributed by atoms with Crippen molar-refractivity contribution >= 4 is 39.6 Å². The number of thiophene rings is 1. The molecule has 0 aliphatic rings. The summed E-state index contributed by atoms with van der Waals surface area (Å²) in [5, 5.41) is 6.95. The lowest BCUT2D eigenvalue weighted by Crippen LogP contribution is -2.41. The van der Waals surface area contributed by atoms with E-state index in [1.165, 1.54) is 4.88 Å². The van der Waals surface area contributed by atoms with Crippen molar-refractivity contribution < 1.29 is 4.74 Å². The Bertz CT molecular complexity index is 1010. The summed E-state index contributed by atoms with van der Waals surface area (Å²) in [4.78, 5) is 19.0. The molecular formula is C21H25N3O2S2. The number of rotatable bonds is 7. The number of aromatic amines is 1. The number of benzene rings is 1. The zero-order valence-corrected chi connectivity index (χ0v) is 18.0. The molecule has 2 N–H and O–H groups in total. The normalized spacial score (nSPS) is 11.0. The first-order valence-electron chi connectivity index (χ1n) is 9.16. The van der Waals surface area contributed by atoms with E-state index in [0.29, 0.717) is 36.9 Å². The van der Waals surface area contributed by atoms with Crippen LogP contribution in [-0.2, 0) is 17.8 Å². The molecule has 0 bridgehead atoms. The molecule has 0 aliphatic heterocycles. The highest BCUT2D eigenvalue weighted by Crippen LogP contribution is 2.21. The van der Waals surface area contributed by atoms with E-state index in [1.807, 2.05) is 35.4 Å². The Morgan fingerprint density at radius 1 is 1.25 bits per heavy atom. The maximum absolute atomic E-state index is 12.8. The number of hydrogen-bond donors (Lipinski definition) is 2. The van der Waals surface area contributed by atoms with Crippen LogP contribution in [0.15, 0.2) is 40.5 Å². The van der Waals surface area contributed by atoms with Gasteiger partial charge >= 0.3 is 0 Å². The van der Waals surface area contributed by atoms with Gasteiger partial charge in [-0.25, -0.2) is 0 Å². The Morgan fingerprint density at radius 3 is 2.75 bits per heavy atom. The lowest BCUT2D eigenvalue weighted by molar-refractivity contribution is 0.202. The molecule has 0 fully saturated rings. The summed E-state index contributed by atoms with van der Waals surface area (Å²) >= 11 is 7.28. The number of ether oxygens (including phenoxy) is 1. The van der Waals surface area contributed by atoms with E-state index in [9.17, 15) is 4.79 Å². The van der Waals surface area contributed by atoms with E-state index in [2.05, 4.69) is 29.4 Å². The fourth-order valence-corrected chi connectivity index (χ4v) is 4.05. The number of fused-ring (bicyclic) bond motifs is 1. The van der Waals surface area contributed by atoms with Crippen LogP contribution in [0.4, 0.5) is 0 Å². The lowest BCUT2D eigenvalue weighted by atomic mass is 10.0. The average molecular weight is 416 g/mol. The Balaban J connectivity index is 1.90. The van der Waals surface area contributed by atoms with Crippen molar-refractivity contribution in [3.05, 3.63) is 67.6 Å². The van der Waals surface area contributed by atoms with Gasteiger partial charge < -0.3 is 19.9 Å². The predicted octanol–water partition coefficient (Wildman–Crippen LogP) is 3.73. The molecule has 0 saturated heterocycles. The first kappa shape index (κ1) is 20.5. The van der Waals surface area contributed by atoms with Crippen LogP contribution < -0.4 is 10.9 Å². The van der Waals surface area contributed by atoms with E-state index in [-0.39, 0.29) is 5.56 Å². The molecule has 0 atom stereocenters. The molecule has 7 heteroatoms. The van der Waals surface area contributed by atoms with E-state index in [0.717, 1.165) is 22.0 Å². The van der Waals surface area contributed by atoms with E-state index in [1.54, 1.807) is 18.4 Å². The first-order chi connectivity index (χ1) is 13.5. The molecule has 5 nitrogen and oxygen atoms in total. The predicted molar refractivity (Wildman–Crippen MR) is 120 cm³/mol. The number of methoxy groups -OCH3 is 1. The number of nitrogens with one attached hydrogen (secondary N) is 2. The fourth-order valence-electron chi connectivity index (χ4n) is 3.10. The zero-order chi connectivity index (χ0) is 20.1. The molecule has 0 aliphatic carbocycles. The van der Waals surface area contributed by atoms with Crippen LogP contribution in [0.3, 0.4) is 0 Å². The van der Waals surface area contributed by atoms with Gasteiger partial charge in [0.1, 0.15) is 0 Å². The van der Waals surface area contributed by atoms with Gasteiger partial charge in [-0.3, -0.25) is 4.79 Å². The van der Waals surface area contributed by atoms with Gasteiger partial charge in [-0.1, -0.05) is 18.2 Å². The maximum atomic E-state index is 12.8. The van der Waals surface area contributed by atoms with Crippen LogP contribution >= 0.6 is 23.6 Å². The SMILES string of the molecule is COCCNC(=S)N(Cc1cccs1)Cc1cc2c(C)ccc(C)c2[nH]c1=O. The first-order valence-corrected chi connectivity index (χ1v) is 10.4. The van der Waals surface area contributed by atoms with Crippen molar-refractivity contribution in [1.82, 2.24) is 15.2 Å². The van der Waals surface area contributed by atoms with Gasteiger partial charge in [-0.05, 0) is 54.7 Å². The van der Waals surface area contributed by atoms with Gasteiger partial charge in [0.2, 0.25) is 0 Å². The summed E-state index contributed by atoms with van der Waals surface area (Å²) in [7, 11) is 1.66. The van der Waals surface area contributed by atoms with Crippen LogP contribution in [0.2, 0.25) is 0 Å². The second kappa shape index (κ2) is 9.32. The Labute approximate surface area is 174 Å². The van der Waals surface area contributed by atoms with Crippen molar-refractivity contribution in [1.29, 1.82) is 0 Å².